The highest BCUT2D eigenvalue weighted by atomic mass is 16.5. The number of carbonyl (C=O) groups excluding carboxylic acids is 2. The maximum atomic E-state index is 12.0. The molecule has 1 amide bonds. The molecule has 3 aromatic rings. The minimum Gasteiger partial charge on any atom is -0.492 e. The van der Waals surface area contributed by atoms with E-state index in [1.54, 1.807) is 6.07 Å². The number of aryl methyl sites for hydroxylation is 1. The summed E-state index contributed by atoms with van der Waals surface area (Å²) >= 11 is 0. The lowest BCUT2D eigenvalue weighted by atomic mass is 10.2. The van der Waals surface area contributed by atoms with Gasteiger partial charge in [-0.2, -0.15) is 0 Å². The van der Waals surface area contributed by atoms with Gasteiger partial charge in [0.25, 0.3) is 5.91 Å². The smallest absolute Gasteiger partial charge is 0.355 e. The molecule has 2 N–H and O–H groups in total. The van der Waals surface area contributed by atoms with Crippen LogP contribution in [0.3, 0.4) is 0 Å². The van der Waals surface area contributed by atoms with Crippen LogP contribution >= 0.6 is 0 Å². The second-order valence-corrected chi connectivity index (χ2v) is 5.86. The van der Waals surface area contributed by atoms with E-state index in [4.69, 9.17) is 9.47 Å². The molecule has 0 aliphatic carbocycles. The van der Waals surface area contributed by atoms with E-state index in [-0.39, 0.29) is 12.5 Å². The van der Waals surface area contributed by atoms with Crippen LogP contribution in [0.25, 0.3) is 10.9 Å². The van der Waals surface area contributed by atoms with Crippen LogP contribution in [0.5, 0.6) is 5.75 Å². The topological polar surface area (TPSA) is 80.4 Å². The number of para-hydroxylation sites is 1. The van der Waals surface area contributed by atoms with Crippen molar-refractivity contribution in [3.05, 3.63) is 65.9 Å². The number of carbonyl (C=O) groups is 2. The molecule has 0 radical (unpaired) electrons. The van der Waals surface area contributed by atoms with Crippen LogP contribution in [0.2, 0.25) is 0 Å². The largest absolute Gasteiger partial charge is 0.492 e. The Bertz CT molecular complexity index is 884. The third-order valence-corrected chi connectivity index (χ3v) is 3.77. The molecule has 0 saturated heterocycles. The van der Waals surface area contributed by atoms with Gasteiger partial charge in [0.05, 0.1) is 6.54 Å². The number of amides is 1. The molecule has 0 bridgehead atoms. The van der Waals surface area contributed by atoms with Gasteiger partial charge in [-0.15, -0.1) is 0 Å². The molecule has 0 unspecified atom stereocenters. The fraction of sp³-hybridized carbons (Fsp3) is 0.200. The molecule has 0 fully saturated rings. The molecule has 3 rings (SSSR count). The van der Waals surface area contributed by atoms with Gasteiger partial charge in [0, 0.05) is 10.9 Å². The van der Waals surface area contributed by atoms with Crippen molar-refractivity contribution in [2.24, 2.45) is 0 Å². The quantitative estimate of drug-likeness (QED) is 0.506. The zero-order valence-electron chi connectivity index (χ0n) is 14.5. The number of ether oxygens (including phenoxy) is 2. The van der Waals surface area contributed by atoms with Crippen molar-refractivity contribution in [1.82, 2.24) is 10.3 Å². The van der Waals surface area contributed by atoms with E-state index >= 15 is 0 Å². The predicted octanol–water partition coefficient (Wildman–Crippen LogP) is 2.83. The van der Waals surface area contributed by atoms with Crippen molar-refractivity contribution < 1.29 is 19.1 Å². The van der Waals surface area contributed by atoms with Crippen LogP contribution in [0, 0.1) is 6.92 Å². The monoisotopic (exact) mass is 352 g/mol. The van der Waals surface area contributed by atoms with Crippen molar-refractivity contribution in [1.29, 1.82) is 0 Å². The van der Waals surface area contributed by atoms with Gasteiger partial charge < -0.3 is 19.8 Å². The summed E-state index contributed by atoms with van der Waals surface area (Å²) in [5, 5.41) is 3.56. The molecule has 0 spiro atoms. The van der Waals surface area contributed by atoms with E-state index < -0.39 is 5.97 Å². The van der Waals surface area contributed by atoms with Gasteiger partial charge in [-0.05, 0) is 36.8 Å². The van der Waals surface area contributed by atoms with E-state index in [9.17, 15) is 9.59 Å². The second-order valence-electron chi connectivity index (χ2n) is 5.86. The summed E-state index contributed by atoms with van der Waals surface area (Å²) in [6.07, 6.45) is 0. The predicted molar refractivity (Wildman–Crippen MR) is 98.3 cm³/mol. The normalized spacial score (nSPS) is 10.5. The molecule has 6 nitrogen and oxygen atoms in total. The number of nitrogens with one attached hydrogen (secondary N) is 2. The molecule has 1 aromatic heterocycles. The summed E-state index contributed by atoms with van der Waals surface area (Å²) < 4.78 is 10.6. The van der Waals surface area contributed by atoms with Crippen molar-refractivity contribution in [2.75, 3.05) is 19.8 Å². The van der Waals surface area contributed by atoms with Gasteiger partial charge in [-0.3, -0.25) is 4.79 Å². The van der Waals surface area contributed by atoms with Gasteiger partial charge in [0.15, 0.2) is 6.61 Å². The maximum Gasteiger partial charge on any atom is 0.355 e. The molecular weight excluding hydrogens is 332 g/mol. The van der Waals surface area contributed by atoms with Crippen LogP contribution in [0.4, 0.5) is 0 Å². The van der Waals surface area contributed by atoms with Crippen LogP contribution in [-0.4, -0.2) is 36.6 Å². The average molecular weight is 352 g/mol. The number of H-pyrrole nitrogens is 1. The molecule has 134 valence electrons. The summed E-state index contributed by atoms with van der Waals surface area (Å²) in [6, 6.07) is 16.9. The third kappa shape index (κ3) is 4.63. The maximum absolute atomic E-state index is 12.0. The zero-order chi connectivity index (χ0) is 18.4. The van der Waals surface area contributed by atoms with Gasteiger partial charge in [0.2, 0.25) is 0 Å². The Morgan fingerprint density at radius 1 is 1.08 bits per heavy atom. The Balaban J connectivity index is 1.39. The summed E-state index contributed by atoms with van der Waals surface area (Å²) in [4.78, 5) is 26.7. The van der Waals surface area contributed by atoms with Crippen molar-refractivity contribution in [3.8, 4) is 5.75 Å². The zero-order valence-corrected chi connectivity index (χ0v) is 14.5. The van der Waals surface area contributed by atoms with Crippen molar-refractivity contribution in [2.45, 2.75) is 6.92 Å². The van der Waals surface area contributed by atoms with Crippen LogP contribution < -0.4 is 10.1 Å². The summed E-state index contributed by atoms with van der Waals surface area (Å²) in [6.45, 7) is 2.32. The van der Waals surface area contributed by atoms with Gasteiger partial charge in [0.1, 0.15) is 18.1 Å². The Morgan fingerprint density at radius 3 is 2.73 bits per heavy atom. The number of hydrogen-bond acceptors (Lipinski definition) is 4. The van der Waals surface area contributed by atoms with E-state index in [1.165, 1.54) is 0 Å². The minimum atomic E-state index is -0.563. The lowest BCUT2D eigenvalue weighted by molar-refractivity contribution is -0.124. The molecule has 0 aliphatic heterocycles. The van der Waals surface area contributed by atoms with E-state index in [1.807, 2.05) is 55.5 Å². The molecule has 0 aliphatic rings. The van der Waals surface area contributed by atoms with Crippen molar-refractivity contribution >= 4 is 22.8 Å². The third-order valence-electron chi connectivity index (χ3n) is 3.77. The molecular formula is C20H20N2O4. The van der Waals surface area contributed by atoms with Crippen LogP contribution in [0.15, 0.2) is 54.6 Å². The number of esters is 1. The second kappa shape index (κ2) is 8.20. The number of aromatic nitrogens is 1. The van der Waals surface area contributed by atoms with Crippen molar-refractivity contribution in [3.63, 3.8) is 0 Å². The SMILES string of the molecule is Cc1cccc(OCCNC(=O)COC(=O)c2cc3ccccc3[nH]2)c1. The summed E-state index contributed by atoms with van der Waals surface area (Å²) in [5.74, 6) is -0.181. The van der Waals surface area contributed by atoms with E-state index in [0.29, 0.717) is 18.8 Å². The van der Waals surface area contributed by atoms with Gasteiger partial charge in [-0.25, -0.2) is 4.79 Å². The molecule has 0 atom stereocenters. The number of benzene rings is 2. The summed E-state index contributed by atoms with van der Waals surface area (Å²) in [7, 11) is 0. The Morgan fingerprint density at radius 2 is 1.92 bits per heavy atom. The van der Waals surface area contributed by atoms with Crippen LogP contribution in [0.1, 0.15) is 16.1 Å². The van der Waals surface area contributed by atoms with Gasteiger partial charge >= 0.3 is 5.97 Å². The molecule has 0 saturated carbocycles. The Kier molecular flexibility index (Phi) is 5.53. The molecule has 2 aromatic carbocycles. The first kappa shape index (κ1) is 17.5. The number of aromatic amines is 1. The molecule has 1 heterocycles. The average Bonchev–Trinajstić information content (AvgIpc) is 3.08. The summed E-state index contributed by atoms with van der Waals surface area (Å²) in [5.41, 5.74) is 2.27. The van der Waals surface area contributed by atoms with Gasteiger partial charge in [-0.1, -0.05) is 30.3 Å². The lowest BCUT2D eigenvalue weighted by Gasteiger charge is -2.08. The Hall–Kier alpha value is -3.28. The highest BCUT2D eigenvalue weighted by Gasteiger charge is 2.12. The number of hydrogen-bond donors (Lipinski definition) is 2. The highest BCUT2D eigenvalue weighted by Crippen LogP contribution is 2.15. The fourth-order valence-electron chi connectivity index (χ4n) is 2.51. The number of fused-ring (bicyclic) bond motifs is 1. The minimum absolute atomic E-state index is 0.321. The Labute approximate surface area is 151 Å². The first-order chi connectivity index (χ1) is 12.6. The first-order valence-electron chi connectivity index (χ1n) is 8.33. The molecule has 6 heteroatoms. The standard InChI is InChI=1S/C20H20N2O4/c1-14-5-4-7-16(11-14)25-10-9-21-19(23)13-26-20(24)18-12-15-6-2-3-8-17(15)22-18/h2-8,11-12,22H,9-10,13H2,1H3,(H,21,23). The van der Waals surface area contributed by atoms with E-state index in [0.717, 1.165) is 22.2 Å². The molecule has 26 heavy (non-hydrogen) atoms. The fourth-order valence-corrected chi connectivity index (χ4v) is 2.51. The number of rotatable bonds is 7. The lowest BCUT2D eigenvalue weighted by Crippen LogP contribution is -2.32. The highest BCUT2D eigenvalue weighted by molar-refractivity contribution is 5.95. The van der Waals surface area contributed by atoms with Crippen LogP contribution in [-0.2, 0) is 9.53 Å². The van der Waals surface area contributed by atoms with E-state index in [2.05, 4.69) is 10.3 Å². The first-order valence-corrected chi connectivity index (χ1v) is 8.33.